The maximum absolute atomic E-state index is 12.4. The predicted molar refractivity (Wildman–Crippen MR) is 65.7 cm³/mol. The highest BCUT2D eigenvalue weighted by molar-refractivity contribution is 5.83. The lowest BCUT2D eigenvalue weighted by atomic mass is 9.78. The summed E-state index contributed by atoms with van der Waals surface area (Å²) in [5.74, 6) is -0.0140. The van der Waals surface area contributed by atoms with Crippen molar-refractivity contribution in [1.29, 1.82) is 0 Å². The Morgan fingerprint density at radius 3 is 2.53 bits per heavy atom. The molecule has 0 atom stereocenters. The second kappa shape index (κ2) is 5.80. The van der Waals surface area contributed by atoms with Crippen molar-refractivity contribution in [2.45, 2.75) is 32.2 Å². The quantitative estimate of drug-likeness (QED) is 0.631. The third-order valence-corrected chi connectivity index (χ3v) is 3.31. The van der Waals surface area contributed by atoms with Crippen LogP contribution in [0.25, 0.3) is 0 Å². The fraction of sp³-hybridized carbons (Fsp3) is 0.917. The largest absolute Gasteiger partial charge is 0.394 e. The summed E-state index contributed by atoms with van der Waals surface area (Å²) >= 11 is 0. The number of ether oxygens (including phenoxy) is 1. The number of hydrogen-bond donors (Lipinski definition) is 3. The van der Waals surface area contributed by atoms with Gasteiger partial charge in [0.1, 0.15) is 0 Å². The summed E-state index contributed by atoms with van der Waals surface area (Å²) in [6.07, 6.45) is 1.54. The average Bonchev–Trinajstić information content (AvgIpc) is 2.30. The van der Waals surface area contributed by atoms with Crippen LogP contribution < -0.4 is 10.6 Å². The first kappa shape index (κ1) is 14.4. The Hall–Kier alpha value is -0.650. The van der Waals surface area contributed by atoms with Gasteiger partial charge in [-0.15, -0.1) is 0 Å². The van der Waals surface area contributed by atoms with E-state index < -0.39 is 11.0 Å². The molecule has 1 heterocycles. The molecular formula is C12H24N2O3. The van der Waals surface area contributed by atoms with E-state index in [1.54, 1.807) is 7.11 Å². The monoisotopic (exact) mass is 244 g/mol. The molecule has 5 nitrogen and oxygen atoms in total. The van der Waals surface area contributed by atoms with Crippen molar-refractivity contribution in [2.75, 3.05) is 33.4 Å². The Balaban J connectivity index is 2.73. The summed E-state index contributed by atoms with van der Waals surface area (Å²) in [7, 11) is 1.62. The van der Waals surface area contributed by atoms with Gasteiger partial charge in [-0.25, -0.2) is 0 Å². The summed E-state index contributed by atoms with van der Waals surface area (Å²) < 4.78 is 5.20. The lowest BCUT2D eigenvalue weighted by Crippen LogP contribution is -2.56. The molecule has 100 valence electrons. The molecule has 0 aromatic heterocycles. The number of nitrogens with one attached hydrogen (secondary N) is 2. The van der Waals surface area contributed by atoms with Gasteiger partial charge in [0.15, 0.2) is 0 Å². The van der Waals surface area contributed by atoms with Crippen molar-refractivity contribution >= 4 is 5.91 Å². The van der Waals surface area contributed by atoms with Gasteiger partial charge in [0, 0.05) is 7.11 Å². The van der Waals surface area contributed by atoms with Crippen LogP contribution in [-0.2, 0) is 9.53 Å². The number of methoxy groups -OCH3 is 1. The number of piperidine rings is 1. The minimum Gasteiger partial charge on any atom is -0.394 e. The van der Waals surface area contributed by atoms with Crippen molar-refractivity contribution < 1.29 is 14.6 Å². The molecule has 5 heteroatoms. The Morgan fingerprint density at radius 1 is 1.47 bits per heavy atom. The third kappa shape index (κ3) is 3.66. The minimum atomic E-state index is -0.581. The van der Waals surface area contributed by atoms with Crippen LogP contribution in [0.2, 0.25) is 0 Å². The summed E-state index contributed by atoms with van der Waals surface area (Å²) in [5.41, 5.74) is -1.03. The highest BCUT2D eigenvalue weighted by Gasteiger charge is 2.41. The lowest BCUT2D eigenvalue weighted by Gasteiger charge is -2.38. The number of carbonyl (C=O) groups is 1. The topological polar surface area (TPSA) is 70.6 Å². The molecule has 0 aromatic carbocycles. The van der Waals surface area contributed by atoms with E-state index in [9.17, 15) is 9.90 Å². The molecule has 0 spiro atoms. The number of amides is 1. The summed E-state index contributed by atoms with van der Waals surface area (Å²) in [6.45, 7) is 5.65. The Kier molecular flexibility index (Phi) is 4.91. The first-order chi connectivity index (χ1) is 7.96. The maximum atomic E-state index is 12.4. The number of aliphatic hydroxyl groups excluding tert-OH is 1. The Bertz CT molecular complexity index is 255. The van der Waals surface area contributed by atoms with Gasteiger partial charge < -0.3 is 20.5 Å². The van der Waals surface area contributed by atoms with E-state index in [1.165, 1.54) is 0 Å². The lowest BCUT2D eigenvalue weighted by molar-refractivity contribution is -0.138. The Morgan fingerprint density at radius 2 is 2.06 bits per heavy atom. The first-order valence-electron chi connectivity index (χ1n) is 6.09. The fourth-order valence-corrected chi connectivity index (χ4v) is 2.10. The van der Waals surface area contributed by atoms with Gasteiger partial charge in [0.25, 0.3) is 0 Å². The molecule has 0 aliphatic carbocycles. The summed E-state index contributed by atoms with van der Waals surface area (Å²) in [4.78, 5) is 12.4. The Labute approximate surface area is 103 Å². The van der Waals surface area contributed by atoms with Crippen LogP contribution in [0.3, 0.4) is 0 Å². The second-order valence-corrected chi connectivity index (χ2v) is 5.46. The van der Waals surface area contributed by atoms with Gasteiger partial charge >= 0.3 is 0 Å². The zero-order valence-corrected chi connectivity index (χ0v) is 11.0. The van der Waals surface area contributed by atoms with Crippen LogP contribution in [-0.4, -0.2) is 50.0 Å². The van der Waals surface area contributed by atoms with Crippen LogP contribution in [0.1, 0.15) is 26.7 Å². The molecule has 0 aromatic rings. The number of carbonyl (C=O) groups excluding carboxylic acids is 1. The number of rotatable bonds is 5. The van der Waals surface area contributed by atoms with E-state index in [-0.39, 0.29) is 12.5 Å². The highest BCUT2D eigenvalue weighted by atomic mass is 16.5. The molecule has 0 saturated carbocycles. The zero-order valence-electron chi connectivity index (χ0n) is 11.0. The van der Waals surface area contributed by atoms with E-state index in [1.807, 2.05) is 13.8 Å². The van der Waals surface area contributed by atoms with E-state index in [0.29, 0.717) is 6.61 Å². The average molecular weight is 244 g/mol. The van der Waals surface area contributed by atoms with Gasteiger partial charge in [-0.3, -0.25) is 4.79 Å². The molecule has 1 fully saturated rings. The van der Waals surface area contributed by atoms with Gasteiger partial charge in [0.05, 0.1) is 24.2 Å². The van der Waals surface area contributed by atoms with Crippen molar-refractivity contribution in [3.05, 3.63) is 0 Å². The summed E-state index contributed by atoms with van der Waals surface area (Å²) in [5, 5.41) is 15.3. The molecular weight excluding hydrogens is 220 g/mol. The molecule has 1 amide bonds. The highest BCUT2D eigenvalue weighted by Crippen LogP contribution is 2.30. The van der Waals surface area contributed by atoms with Gasteiger partial charge in [-0.2, -0.15) is 0 Å². The molecule has 1 saturated heterocycles. The van der Waals surface area contributed by atoms with Crippen LogP contribution >= 0.6 is 0 Å². The van der Waals surface area contributed by atoms with Gasteiger partial charge in [-0.1, -0.05) is 0 Å². The van der Waals surface area contributed by atoms with Crippen LogP contribution in [0.15, 0.2) is 0 Å². The van der Waals surface area contributed by atoms with E-state index in [4.69, 9.17) is 4.74 Å². The maximum Gasteiger partial charge on any atom is 0.229 e. The normalized spacial score (nSPS) is 20.0. The van der Waals surface area contributed by atoms with Crippen molar-refractivity contribution in [3.8, 4) is 0 Å². The first-order valence-corrected chi connectivity index (χ1v) is 6.09. The van der Waals surface area contributed by atoms with Crippen LogP contribution in [0.4, 0.5) is 0 Å². The van der Waals surface area contributed by atoms with E-state index >= 15 is 0 Å². The molecule has 0 bridgehead atoms. The van der Waals surface area contributed by atoms with E-state index in [0.717, 1.165) is 25.9 Å². The molecule has 1 rings (SSSR count). The summed E-state index contributed by atoms with van der Waals surface area (Å²) in [6, 6.07) is 0. The van der Waals surface area contributed by atoms with Gasteiger partial charge in [-0.05, 0) is 39.8 Å². The van der Waals surface area contributed by atoms with Crippen molar-refractivity contribution in [2.24, 2.45) is 5.41 Å². The molecule has 3 N–H and O–H groups in total. The molecule has 17 heavy (non-hydrogen) atoms. The minimum absolute atomic E-state index is 0.0140. The smallest absolute Gasteiger partial charge is 0.229 e. The van der Waals surface area contributed by atoms with E-state index in [2.05, 4.69) is 10.6 Å². The molecule has 0 radical (unpaired) electrons. The van der Waals surface area contributed by atoms with Crippen LogP contribution in [0, 0.1) is 5.41 Å². The van der Waals surface area contributed by atoms with Crippen molar-refractivity contribution in [3.63, 3.8) is 0 Å². The molecule has 1 aliphatic heterocycles. The van der Waals surface area contributed by atoms with Crippen LogP contribution in [0.5, 0.6) is 0 Å². The predicted octanol–water partition coefficient (Wildman–Crippen LogP) is -0.110. The number of aliphatic hydroxyl groups is 1. The molecule has 1 aliphatic rings. The fourth-order valence-electron chi connectivity index (χ4n) is 2.10. The standard InChI is InChI=1S/C12H24N2O3/c1-11(2,8-15)14-10(16)12(9-17-3)4-6-13-7-5-12/h13,15H,4-9H2,1-3H3,(H,14,16). The third-order valence-electron chi connectivity index (χ3n) is 3.31. The SMILES string of the molecule is COCC1(C(=O)NC(C)(C)CO)CCNCC1. The zero-order chi connectivity index (χ0) is 12.9. The van der Waals surface area contributed by atoms with Crippen molar-refractivity contribution in [1.82, 2.24) is 10.6 Å². The number of hydrogen-bond acceptors (Lipinski definition) is 4. The van der Waals surface area contributed by atoms with Gasteiger partial charge in [0.2, 0.25) is 5.91 Å². The second-order valence-electron chi connectivity index (χ2n) is 5.46. The molecule has 0 unspecified atom stereocenters.